The molecule has 0 unspecified atom stereocenters. The first-order chi connectivity index (χ1) is 69.8. The van der Waals surface area contributed by atoms with Gasteiger partial charge in [0.15, 0.2) is 0 Å². The average molecular weight is 2130 g/mol. The SMILES string of the molecule is CC(C)(C)c1cc2ccccc2nc1Cl.CC(C)(C)c1ccc2cc(F)ccc2c1.CC(C)(C)c1ccc2ccc(Cl)cc2c1.CC(C)(C)c1ccc2ccc(F)cc2c1.CC(C)(C)c1ccc2cccc(F)c2c1.CC(C)(C)c1ccc2ccccc2c1Cl.CC(C)(C)c1ccc2ccccc2c1F.CC(C)(C)c1cnc2c(Cl)cccc2c1.CC(C)(C)c1cnc2cc(Cl)ccc2c1.CC(C)(C)c1cnc2cccc(Cl)c2c1. The molecule has 0 N–H and O–H groups in total. The fourth-order valence-electron chi connectivity index (χ4n) is 16.6. The van der Waals surface area contributed by atoms with Crippen LogP contribution in [0.25, 0.3) is 108 Å². The second kappa shape index (κ2) is 48.9. The van der Waals surface area contributed by atoms with Crippen molar-refractivity contribution >= 4 is 178 Å². The Morgan fingerprint density at radius 2 is 0.540 bits per heavy atom. The van der Waals surface area contributed by atoms with Crippen molar-refractivity contribution in [1.29, 1.82) is 0 Å². The molecule has 4 nitrogen and oxygen atoms in total. The zero-order valence-corrected chi connectivity index (χ0v) is 97.4. The monoisotopic (exact) mass is 2120 g/mol. The predicted molar refractivity (Wildman–Crippen MR) is 648 cm³/mol. The van der Waals surface area contributed by atoms with E-state index in [-0.39, 0.29) is 77.4 Å². The van der Waals surface area contributed by atoms with Crippen LogP contribution in [0.15, 0.2) is 340 Å². The Balaban J connectivity index is 0.000000158. The topological polar surface area (TPSA) is 51.6 Å². The molecule has 0 radical (unpaired) electrons. The minimum absolute atomic E-state index is 0.0358. The van der Waals surface area contributed by atoms with E-state index in [1.54, 1.807) is 18.2 Å². The highest BCUT2D eigenvalue weighted by molar-refractivity contribution is 6.37. The van der Waals surface area contributed by atoms with Gasteiger partial charge in [0.25, 0.3) is 0 Å². The molecule has 0 aliphatic heterocycles. The number of benzene rings is 16. The molecule has 20 aromatic rings. The summed E-state index contributed by atoms with van der Waals surface area (Å²) in [4.78, 5) is 17.7. The van der Waals surface area contributed by atoms with Gasteiger partial charge in [-0.1, -0.05) is 490 Å². The van der Waals surface area contributed by atoms with Crippen molar-refractivity contribution < 1.29 is 17.6 Å². The average Bonchev–Trinajstić information content (AvgIpc) is 0.782. The standard InChI is InChI=1S/2C14H15Cl.4C14H15F.4C13H14ClN/c1-14(2,3)12-6-4-10-5-7-13(15)9-11(10)8-12;1-14(2,3)12-9-8-10-6-4-5-7-11(10)13(12)15;1-14(2,3)12-6-4-11-9-13(15)7-5-10(11)8-12;1-14(2,3)12-6-4-10-5-7-13(15)9-11(10)8-12;1-14(2,3)11-8-7-10-5-4-6-13(15)12(10)9-11;1-14(2,3)12-9-8-10-6-4-5-7-11(10)13(12)15;1-13(2,3)10-6-9-4-5-11(14)7-12(9)15-8-10;1-13(2,3)9-7-10-11(14)5-4-6-12(10)15-8-9;1-13(2,3)10-7-9-5-4-6-11(14)12(9)15-8-10;1-13(2,3)10-8-9-6-4-5-7-11(9)15-12(10)14/h6*4-9H,1-3H3;4*4-8H,1-3H3. The second-order valence-corrected chi connectivity index (χ2v) is 51.2. The van der Waals surface area contributed by atoms with Crippen LogP contribution in [0.3, 0.4) is 0 Å². The number of hydrogen-bond acceptors (Lipinski definition) is 4. The highest BCUT2D eigenvalue weighted by atomic mass is 35.5. The smallest absolute Gasteiger partial charge is 0.134 e. The lowest BCUT2D eigenvalue weighted by molar-refractivity contribution is 0.529. The van der Waals surface area contributed by atoms with E-state index < -0.39 is 0 Å². The number of fused-ring (bicyclic) bond motifs is 10. The first-order valence-electron chi connectivity index (χ1n) is 51.1. The van der Waals surface area contributed by atoms with Crippen molar-refractivity contribution in [3.63, 3.8) is 0 Å². The number of pyridine rings is 4. The summed E-state index contributed by atoms with van der Waals surface area (Å²) in [5, 5.41) is 21.2. The van der Waals surface area contributed by atoms with E-state index in [1.807, 2.05) is 209 Å². The third-order valence-electron chi connectivity index (χ3n) is 26.1. The Morgan fingerprint density at radius 3 is 1.09 bits per heavy atom. The lowest BCUT2D eigenvalue weighted by Gasteiger charge is -2.21. The largest absolute Gasteiger partial charge is 0.256 e. The molecule has 20 rings (SSSR count). The summed E-state index contributed by atoms with van der Waals surface area (Å²) in [7, 11) is 0. The maximum atomic E-state index is 14.2. The summed E-state index contributed by atoms with van der Waals surface area (Å²) in [5.41, 5.74) is 16.4. The van der Waals surface area contributed by atoms with Gasteiger partial charge in [0.1, 0.15) is 28.4 Å². The van der Waals surface area contributed by atoms with Gasteiger partial charge in [-0.25, -0.2) is 22.5 Å². The summed E-state index contributed by atoms with van der Waals surface area (Å²) in [5.74, 6) is -0.571. The van der Waals surface area contributed by atoms with Gasteiger partial charge in [0.05, 0.1) is 32.1 Å². The minimum atomic E-state index is -0.175. The molecule has 4 heterocycles. The van der Waals surface area contributed by atoms with Crippen molar-refractivity contribution in [3.05, 3.63) is 449 Å². The number of rotatable bonds is 0. The van der Waals surface area contributed by atoms with Crippen molar-refractivity contribution in [2.75, 3.05) is 0 Å². The molecule has 150 heavy (non-hydrogen) atoms. The van der Waals surface area contributed by atoms with Crippen molar-refractivity contribution in [2.24, 2.45) is 0 Å². The fourth-order valence-corrected chi connectivity index (χ4v) is 18.3. The van der Waals surface area contributed by atoms with Gasteiger partial charge in [0.2, 0.25) is 0 Å². The number of nitrogens with zero attached hydrogens (tertiary/aromatic N) is 4. The summed E-state index contributed by atoms with van der Waals surface area (Å²) in [6, 6.07) is 104. The van der Waals surface area contributed by atoms with Crippen LogP contribution in [0, 0.1) is 23.3 Å². The van der Waals surface area contributed by atoms with Crippen LogP contribution in [0.4, 0.5) is 17.6 Å². The van der Waals surface area contributed by atoms with E-state index >= 15 is 0 Å². The Morgan fingerprint density at radius 1 is 0.200 bits per heavy atom. The summed E-state index contributed by atoms with van der Waals surface area (Å²) < 4.78 is 53.8. The van der Waals surface area contributed by atoms with Crippen LogP contribution < -0.4 is 0 Å². The first kappa shape index (κ1) is 118. The van der Waals surface area contributed by atoms with Crippen LogP contribution in [-0.2, 0) is 54.1 Å². The Bertz CT molecular complexity index is 7640. The lowest BCUT2D eigenvalue weighted by atomic mass is 9.85. The number of aromatic nitrogens is 4. The molecule has 0 aliphatic rings. The molecular weight excluding hydrogens is 1980 g/mol. The van der Waals surface area contributed by atoms with Crippen LogP contribution in [0.1, 0.15) is 263 Å². The molecule has 4 aromatic heterocycles. The van der Waals surface area contributed by atoms with Gasteiger partial charge in [-0.3, -0.25) is 15.0 Å². The third kappa shape index (κ3) is 32.6. The molecule has 0 atom stereocenters. The second-order valence-electron chi connectivity index (χ2n) is 48.7. The quantitative estimate of drug-likeness (QED) is 0.112. The van der Waals surface area contributed by atoms with Crippen LogP contribution >= 0.6 is 69.6 Å². The Labute approximate surface area is 919 Å². The van der Waals surface area contributed by atoms with E-state index in [4.69, 9.17) is 69.6 Å². The van der Waals surface area contributed by atoms with Crippen molar-refractivity contribution in [1.82, 2.24) is 19.9 Å². The first-order valence-corrected chi connectivity index (χ1v) is 53.4. The van der Waals surface area contributed by atoms with E-state index in [2.05, 4.69) is 322 Å². The molecule has 0 saturated heterocycles. The van der Waals surface area contributed by atoms with Crippen LogP contribution in [0.2, 0.25) is 30.3 Å². The predicted octanol–water partition coefficient (Wildman–Crippen LogP) is 43.4. The Kier molecular flexibility index (Phi) is 38.6. The molecule has 0 saturated carbocycles. The zero-order chi connectivity index (χ0) is 111. The van der Waals surface area contributed by atoms with Gasteiger partial charge in [-0.05, 0) is 267 Å². The molecule has 0 amide bonds. The van der Waals surface area contributed by atoms with Crippen LogP contribution in [0.5, 0.6) is 0 Å². The van der Waals surface area contributed by atoms with E-state index in [0.29, 0.717) is 20.9 Å². The molecular formula is C136H146Cl6F4N4. The van der Waals surface area contributed by atoms with Crippen molar-refractivity contribution in [3.8, 4) is 0 Å². The number of halogens is 10. The minimum Gasteiger partial charge on any atom is -0.256 e. The fraction of sp³-hybridized carbons (Fsp3) is 0.294. The summed E-state index contributed by atoms with van der Waals surface area (Å²) in [6.45, 7) is 64.8. The number of hydrogen-bond donors (Lipinski definition) is 0. The normalized spacial score (nSPS) is 12.0. The maximum Gasteiger partial charge on any atom is 0.134 e. The summed E-state index contributed by atoms with van der Waals surface area (Å²) in [6.07, 6.45) is 5.77. The van der Waals surface area contributed by atoms with Crippen molar-refractivity contribution in [2.45, 2.75) is 262 Å². The highest BCUT2D eigenvalue weighted by Crippen LogP contribution is 2.40. The van der Waals surface area contributed by atoms with Gasteiger partial charge < -0.3 is 0 Å². The molecule has 0 aliphatic carbocycles. The van der Waals surface area contributed by atoms with E-state index in [0.717, 1.165) is 113 Å². The molecule has 16 aromatic carbocycles. The van der Waals surface area contributed by atoms with E-state index in [1.165, 1.54) is 78.9 Å². The Hall–Kier alpha value is -11.8. The lowest BCUT2D eigenvalue weighted by Crippen LogP contribution is -2.13. The molecule has 780 valence electrons. The van der Waals surface area contributed by atoms with Gasteiger partial charge in [-0.2, -0.15) is 0 Å². The number of para-hydroxylation sites is 2. The zero-order valence-electron chi connectivity index (χ0n) is 92.9. The molecule has 0 fully saturated rings. The van der Waals surface area contributed by atoms with Gasteiger partial charge in [0, 0.05) is 71.4 Å². The third-order valence-corrected chi connectivity index (χ3v) is 27.9. The summed E-state index contributed by atoms with van der Waals surface area (Å²) >= 11 is 36.7. The van der Waals surface area contributed by atoms with Gasteiger partial charge in [-0.15, -0.1) is 0 Å². The van der Waals surface area contributed by atoms with E-state index in [9.17, 15) is 17.6 Å². The van der Waals surface area contributed by atoms with Gasteiger partial charge >= 0.3 is 0 Å². The molecule has 0 bridgehead atoms. The highest BCUT2D eigenvalue weighted by Gasteiger charge is 2.26. The maximum absolute atomic E-state index is 14.2. The molecule has 14 heteroatoms. The molecule has 0 spiro atoms. The van der Waals surface area contributed by atoms with Crippen LogP contribution in [-0.4, -0.2) is 19.9 Å².